The maximum Gasteiger partial charge on any atom is 0.149 e. The van der Waals surface area contributed by atoms with Crippen molar-refractivity contribution in [2.24, 2.45) is 0 Å². The predicted molar refractivity (Wildman–Crippen MR) is 249 cm³/mol. The molecule has 1 N–H and O–H groups in total. The summed E-state index contributed by atoms with van der Waals surface area (Å²) in [5.41, 5.74) is 6.52. The molecule has 0 bridgehead atoms. The lowest BCUT2D eigenvalue weighted by molar-refractivity contribution is 0.477. The van der Waals surface area contributed by atoms with Crippen LogP contribution in [0.3, 0.4) is 0 Å². The number of phenols is 1. The molecule has 59 heavy (non-hydrogen) atoms. The zero-order chi connectivity index (χ0) is 51.3. The Labute approximate surface area is 365 Å². The Morgan fingerprint density at radius 2 is 1.22 bits per heavy atom. The molecule has 4 nitrogen and oxygen atoms in total. The lowest BCUT2D eigenvalue weighted by atomic mass is 9.79. The summed E-state index contributed by atoms with van der Waals surface area (Å²) in [7, 11) is 0. The predicted octanol–water partition coefficient (Wildman–Crippen LogP) is 14.7. The highest BCUT2D eigenvalue weighted by molar-refractivity contribution is 5.97. The van der Waals surface area contributed by atoms with Crippen molar-refractivity contribution in [2.75, 3.05) is 0 Å². The molecule has 0 fully saturated rings. The number of hydrogen-bond acceptors (Lipinski definition) is 3. The minimum absolute atomic E-state index is 0.0344. The summed E-state index contributed by atoms with van der Waals surface area (Å²) >= 11 is 0. The van der Waals surface area contributed by atoms with Gasteiger partial charge in [-0.25, -0.2) is 4.98 Å². The molecule has 0 atom stereocenters. The second-order valence-corrected chi connectivity index (χ2v) is 18.2. The molecular formula is C55H55N3O. The van der Waals surface area contributed by atoms with Crippen LogP contribution in [0.25, 0.3) is 72.7 Å². The van der Waals surface area contributed by atoms with E-state index >= 15 is 0 Å². The highest BCUT2D eigenvalue weighted by atomic mass is 16.3. The summed E-state index contributed by atoms with van der Waals surface area (Å²) in [5, 5.41) is 11.4. The van der Waals surface area contributed by atoms with E-state index < -0.39 is 54.7 Å². The second-order valence-electron chi connectivity index (χ2n) is 18.2. The van der Waals surface area contributed by atoms with Crippen LogP contribution in [0, 0.1) is 6.85 Å². The fraction of sp³-hybridized carbons (Fsp3) is 0.236. The molecule has 6 aromatic carbocycles. The number of rotatable bonds is 6. The van der Waals surface area contributed by atoms with Gasteiger partial charge in [-0.05, 0) is 128 Å². The Hall–Kier alpha value is -6.26. The Kier molecular flexibility index (Phi) is 7.10. The second kappa shape index (κ2) is 14.8. The molecule has 0 aliphatic carbocycles. The number of imidazole rings is 1. The minimum atomic E-state index is -2.60. The molecular weight excluding hydrogens is 719 g/mol. The molecule has 0 amide bonds. The fourth-order valence-corrected chi connectivity index (χ4v) is 7.30. The van der Waals surface area contributed by atoms with Crippen molar-refractivity contribution in [2.45, 2.75) is 85.4 Å². The molecule has 0 unspecified atom stereocenters. The van der Waals surface area contributed by atoms with E-state index in [1.807, 2.05) is 57.2 Å². The zero-order valence-electron chi connectivity index (χ0n) is 46.0. The van der Waals surface area contributed by atoms with E-state index in [2.05, 4.69) is 64.7 Å². The van der Waals surface area contributed by atoms with Crippen molar-refractivity contribution >= 4 is 11.0 Å². The monoisotopic (exact) mass is 785 g/mol. The number of aryl methyl sites for hydroxylation is 1. The lowest BCUT2D eigenvalue weighted by Crippen LogP contribution is -2.16. The minimum Gasteiger partial charge on any atom is -0.507 e. The highest BCUT2D eigenvalue weighted by Gasteiger charge is 2.24. The van der Waals surface area contributed by atoms with Crippen molar-refractivity contribution < 1.29 is 20.2 Å². The smallest absolute Gasteiger partial charge is 0.149 e. The van der Waals surface area contributed by atoms with Crippen molar-refractivity contribution in [3.05, 3.63) is 168 Å². The van der Waals surface area contributed by atoms with Gasteiger partial charge in [-0.1, -0.05) is 147 Å². The van der Waals surface area contributed by atoms with Gasteiger partial charge in [-0.2, -0.15) is 0 Å². The van der Waals surface area contributed by atoms with Crippen LogP contribution in [0.2, 0.25) is 0 Å². The Bertz CT molecular complexity index is 3360. The first-order chi connectivity index (χ1) is 32.5. The number of hydrogen-bond donors (Lipinski definition) is 1. The zero-order valence-corrected chi connectivity index (χ0v) is 35.0. The number of phenolic OH excluding ortho intramolecular Hbond substituents is 1. The van der Waals surface area contributed by atoms with Gasteiger partial charge in [0.15, 0.2) is 0 Å². The quantitative estimate of drug-likeness (QED) is 0.183. The third-order valence-corrected chi connectivity index (χ3v) is 10.8. The molecule has 296 valence electrons. The molecule has 4 heteroatoms. The Balaban J connectivity index is 1.41. The number of nitrogens with zero attached hydrogens (tertiary/aromatic N) is 3. The van der Waals surface area contributed by atoms with Crippen LogP contribution >= 0.6 is 0 Å². The summed E-state index contributed by atoms with van der Waals surface area (Å²) in [5.74, 6) is 0.227. The average molecular weight is 785 g/mol. The van der Waals surface area contributed by atoms with Crippen molar-refractivity contribution in [3.8, 4) is 67.5 Å². The maximum absolute atomic E-state index is 11.4. The van der Waals surface area contributed by atoms with Gasteiger partial charge in [-0.15, -0.1) is 0 Å². The van der Waals surface area contributed by atoms with Crippen molar-refractivity contribution in [1.82, 2.24) is 14.5 Å². The van der Waals surface area contributed by atoms with Crippen LogP contribution in [-0.2, 0) is 16.2 Å². The number of aromatic hydroxyl groups is 1. The first-order valence-corrected chi connectivity index (χ1v) is 19.8. The van der Waals surface area contributed by atoms with E-state index in [0.717, 1.165) is 27.8 Å². The summed E-state index contributed by atoms with van der Waals surface area (Å²) in [6.07, 6.45) is -0.545. The maximum atomic E-state index is 11.4. The van der Waals surface area contributed by atoms with E-state index in [-0.39, 0.29) is 45.0 Å². The molecule has 2 aromatic heterocycles. The third-order valence-electron chi connectivity index (χ3n) is 10.8. The average Bonchev–Trinajstić information content (AvgIpc) is 3.68. The lowest BCUT2D eigenvalue weighted by Gasteiger charge is -2.26. The van der Waals surface area contributed by atoms with Crippen molar-refractivity contribution in [3.63, 3.8) is 0 Å². The standard InChI is InChI=1S/C55H55N3O/c1-35-27-37(39-29-43(54(5,6)7)34-44(30-39)55(8,9)10)23-24-48(35)58-49-21-16-20-45(51(49)57-52(58)46-19-14-15-22-50(46)59)40-28-41(32-42(31-40)53(2,3)4)47-33-38(25-26-56-47)36-17-12-11-13-18-36/h11-34,59H,1-10H3/i1D3,11D,12D,13D,17D,18D,25D,26D,33D. The molecule has 0 saturated carbocycles. The number of para-hydroxylation sites is 2. The molecule has 8 rings (SSSR count). The van der Waals surface area contributed by atoms with Gasteiger partial charge < -0.3 is 5.11 Å². The van der Waals surface area contributed by atoms with Crippen LogP contribution in [-0.4, -0.2) is 19.6 Å². The summed E-state index contributed by atoms with van der Waals surface area (Å²) in [6, 6.07) is 25.8. The third kappa shape index (κ3) is 7.84. The van der Waals surface area contributed by atoms with Crippen LogP contribution in [0.5, 0.6) is 5.75 Å². The van der Waals surface area contributed by atoms with Gasteiger partial charge in [0.1, 0.15) is 11.6 Å². The number of pyridine rings is 1. The van der Waals surface area contributed by atoms with Gasteiger partial charge in [0.05, 0.1) is 38.9 Å². The summed E-state index contributed by atoms with van der Waals surface area (Å²) < 4.78 is 97.9. The molecule has 0 aliphatic rings. The van der Waals surface area contributed by atoms with Crippen molar-refractivity contribution in [1.29, 1.82) is 0 Å². The number of benzene rings is 6. The van der Waals surface area contributed by atoms with Crippen LogP contribution in [0.4, 0.5) is 0 Å². The van der Waals surface area contributed by atoms with E-state index in [1.165, 1.54) is 0 Å². The van der Waals surface area contributed by atoms with E-state index in [9.17, 15) is 6.48 Å². The van der Waals surface area contributed by atoms with Gasteiger partial charge in [0, 0.05) is 21.4 Å². The first-order valence-electron chi connectivity index (χ1n) is 25.3. The SMILES string of the molecule is [2H]c1nc(-c2cc(-c3cccc4c3nc(-c3ccccc3O)n4-c3ccc(-c4cc(C(C)(C)C)cc(C(C)(C)C)c4)cc3C([2H])([2H])[2H])cc(C(C)(C)C)c2)c([2H])c(-c2c([2H])c([2H])c([2H])c([2H])c2[2H])c1[2H]. The molecule has 2 heterocycles. The van der Waals surface area contributed by atoms with Crippen LogP contribution in [0.1, 0.15) is 99.6 Å². The largest absolute Gasteiger partial charge is 0.507 e. The van der Waals surface area contributed by atoms with Crippen LogP contribution < -0.4 is 0 Å². The molecule has 8 aromatic rings. The summed E-state index contributed by atoms with van der Waals surface area (Å²) in [6.45, 7) is 16.4. The van der Waals surface area contributed by atoms with Gasteiger partial charge in [-0.3, -0.25) is 9.55 Å². The number of fused-ring (bicyclic) bond motifs is 1. The Morgan fingerprint density at radius 1 is 0.576 bits per heavy atom. The molecule has 0 saturated heterocycles. The molecule has 0 spiro atoms. The van der Waals surface area contributed by atoms with Gasteiger partial charge in [0.2, 0.25) is 0 Å². The van der Waals surface area contributed by atoms with E-state index in [0.29, 0.717) is 44.8 Å². The van der Waals surface area contributed by atoms with E-state index in [4.69, 9.17) is 18.7 Å². The van der Waals surface area contributed by atoms with E-state index in [1.54, 1.807) is 47.0 Å². The molecule has 0 aliphatic heterocycles. The highest BCUT2D eigenvalue weighted by Crippen LogP contribution is 2.41. The normalized spacial score (nSPS) is 15.2. The van der Waals surface area contributed by atoms with Crippen LogP contribution in [0.15, 0.2) is 146 Å². The Morgan fingerprint density at radius 3 is 1.90 bits per heavy atom. The topological polar surface area (TPSA) is 50.9 Å². The van der Waals surface area contributed by atoms with Gasteiger partial charge >= 0.3 is 0 Å². The molecule has 0 radical (unpaired) electrons. The van der Waals surface area contributed by atoms with Gasteiger partial charge in [0.25, 0.3) is 0 Å². The first kappa shape index (κ1) is 28.2. The number of aromatic nitrogens is 3. The fourth-order valence-electron chi connectivity index (χ4n) is 7.30. The summed E-state index contributed by atoms with van der Waals surface area (Å²) in [4.78, 5) is 9.64.